The highest BCUT2D eigenvalue weighted by Crippen LogP contribution is 2.37. The SMILES string of the molecule is CNc1nc([C@@H]2CCCN2CC2=Cc3ccccc3OC2)c2sccn12. The van der Waals surface area contributed by atoms with Crippen molar-refractivity contribution in [1.29, 1.82) is 0 Å². The van der Waals surface area contributed by atoms with Gasteiger partial charge in [-0.3, -0.25) is 9.30 Å². The second-order valence-electron chi connectivity index (χ2n) is 6.91. The van der Waals surface area contributed by atoms with Gasteiger partial charge in [0.05, 0.1) is 11.7 Å². The molecule has 2 aliphatic rings. The molecule has 6 heteroatoms. The highest BCUT2D eigenvalue weighted by Gasteiger charge is 2.31. The van der Waals surface area contributed by atoms with Gasteiger partial charge in [0.25, 0.3) is 0 Å². The average Bonchev–Trinajstić information content (AvgIpc) is 3.38. The highest BCUT2D eigenvalue weighted by atomic mass is 32.1. The summed E-state index contributed by atoms with van der Waals surface area (Å²) in [5.41, 5.74) is 3.73. The third kappa shape index (κ3) is 2.61. The van der Waals surface area contributed by atoms with Crippen LogP contribution in [0.1, 0.15) is 30.1 Å². The van der Waals surface area contributed by atoms with Crippen LogP contribution in [-0.4, -0.2) is 41.0 Å². The molecular formula is C20H22N4OS. The predicted molar refractivity (Wildman–Crippen MR) is 106 cm³/mol. The number of hydrogen-bond donors (Lipinski definition) is 1. The fraction of sp³-hybridized carbons (Fsp3) is 0.350. The van der Waals surface area contributed by atoms with Crippen molar-refractivity contribution in [3.63, 3.8) is 0 Å². The molecule has 5 nitrogen and oxygen atoms in total. The molecule has 1 saturated heterocycles. The van der Waals surface area contributed by atoms with Crippen molar-refractivity contribution in [3.8, 4) is 5.75 Å². The van der Waals surface area contributed by atoms with Crippen LogP contribution in [0.2, 0.25) is 0 Å². The van der Waals surface area contributed by atoms with Gasteiger partial charge in [0.2, 0.25) is 5.95 Å². The molecule has 0 spiro atoms. The number of ether oxygens (including phenoxy) is 1. The van der Waals surface area contributed by atoms with Crippen LogP contribution in [0.25, 0.3) is 10.9 Å². The van der Waals surface area contributed by atoms with Crippen molar-refractivity contribution in [1.82, 2.24) is 14.3 Å². The average molecular weight is 366 g/mol. The first-order valence-electron chi connectivity index (χ1n) is 9.12. The summed E-state index contributed by atoms with van der Waals surface area (Å²) in [5, 5.41) is 5.35. The maximum absolute atomic E-state index is 5.94. The lowest BCUT2D eigenvalue weighted by atomic mass is 10.1. The molecule has 26 heavy (non-hydrogen) atoms. The van der Waals surface area contributed by atoms with Crippen LogP contribution in [0.5, 0.6) is 5.75 Å². The van der Waals surface area contributed by atoms with E-state index in [1.165, 1.54) is 34.5 Å². The molecule has 5 rings (SSSR count). The number of hydrogen-bond acceptors (Lipinski definition) is 5. The Labute approximate surface area is 156 Å². The van der Waals surface area contributed by atoms with Gasteiger partial charge >= 0.3 is 0 Å². The normalized spacial score (nSPS) is 20.0. The Morgan fingerprint density at radius 1 is 1.35 bits per heavy atom. The summed E-state index contributed by atoms with van der Waals surface area (Å²) in [4.78, 5) is 8.71. The summed E-state index contributed by atoms with van der Waals surface area (Å²) < 4.78 is 8.11. The molecule has 2 aromatic heterocycles. The Kier molecular flexibility index (Phi) is 3.94. The fourth-order valence-corrected chi connectivity index (χ4v) is 4.96. The lowest BCUT2D eigenvalue weighted by Gasteiger charge is -2.26. The van der Waals surface area contributed by atoms with E-state index in [-0.39, 0.29) is 0 Å². The van der Waals surface area contributed by atoms with E-state index in [9.17, 15) is 0 Å². The molecule has 4 heterocycles. The van der Waals surface area contributed by atoms with Crippen molar-refractivity contribution >= 4 is 28.2 Å². The van der Waals surface area contributed by atoms with Gasteiger partial charge in [-0.25, -0.2) is 4.98 Å². The summed E-state index contributed by atoms with van der Waals surface area (Å²) in [6, 6.07) is 8.64. The minimum absolute atomic E-state index is 0.379. The molecule has 134 valence electrons. The zero-order chi connectivity index (χ0) is 17.5. The monoisotopic (exact) mass is 366 g/mol. The Balaban J connectivity index is 1.43. The molecule has 0 saturated carbocycles. The molecule has 0 aliphatic carbocycles. The van der Waals surface area contributed by atoms with Crippen molar-refractivity contribution in [2.75, 3.05) is 32.1 Å². The van der Waals surface area contributed by atoms with E-state index >= 15 is 0 Å². The maximum Gasteiger partial charge on any atom is 0.208 e. The number of nitrogens with zero attached hydrogens (tertiary/aromatic N) is 3. The molecule has 2 aliphatic heterocycles. The van der Waals surface area contributed by atoms with Crippen LogP contribution in [0.4, 0.5) is 5.95 Å². The maximum atomic E-state index is 5.94. The third-order valence-electron chi connectivity index (χ3n) is 5.28. The van der Waals surface area contributed by atoms with Crippen LogP contribution < -0.4 is 10.1 Å². The number of rotatable bonds is 4. The van der Waals surface area contributed by atoms with Crippen LogP contribution in [0.15, 0.2) is 41.4 Å². The Morgan fingerprint density at radius 3 is 3.19 bits per heavy atom. The van der Waals surface area contributed by atoms with E-state index in [1.54, 1.807) is 11.3 Å². The molecule has 1 aromatic carbocycles. The van der Waals surface area contributed by atoms with E-state index in [1.807, 2.05) is 19.2 Å². The number of anilines is 1. The highest BCUT2D eigenvalue weighted by molar-refractivity contribution is 7.15. The third-order valence-corrected chi connectivity index (χ3v) is 6.17. The summed E-state index contributed by atoms with van der Waals surface area (Å²) in [7, 11) is 1.93. The molecule has 0 bridgehead atoms. The van der Waals surface area contributed by atoms with Gasteiger partial charge in [0.15, 0.2) is 0 Å². The second-order valence-corrected chi connectivity index (χ2v) is 7.80. The zero-order valence-corrected chi connectivity index (χ0v) is 15.6. The lowest BCUT2D eigenvalue weighted by Crippen LogP contribution is -2.28. The van der Waals surface area contributed by atoms with Gasteiger partial charge in [-0.1, -0.05) is 18.2 Å². The van der Waals surface area contributed by atoms with Gasteiger partial charge < -0.3 is 10.1 Å². The molecular weight excluding hydrogens is 344 g/mol. The van der Waals surface area contributed by atoms with Gasteiger partial charge in [-0.15, -0.1) is 11.3 Å². The standard InChI is InChI=1S/C20H22N4OS/c1-21-20-22-18(19-24(20)9-10-26-19)16-6-4-8-23(16)12-14-11-15-5-2-3-7-17(15)25-13-14/h2-3,5,7,9-11,16H,4,6,8,12-13H2,1H3,(H,21,22)/t16-/m0/s1. The molecule has 1 fully saturated rings. The first-order chi connectivity index (χ1) is 12.8. The number of likely N-dealkylation sites (tertiary alicyclic amines) is 1. The van der Waals surface area contributed by atoms with Crippen LogP contribution in [0, 0.1) is 0 Å². The van der Waals surface area contributed by atoms with E-state index in [0.717, 1.165) is 24.8 Å². The minimum Gasteiger partial charge on any atom is -0.489 e. The number of thiazole rings is 1. The van der Waals surface area contributed by atoms with Gasteiger partial charge in [0, 0.05) is 30.7 Å². The molecule has 0 unspecified atom stereocenters. The van der Waals surface area contributed by atoms with Crippen molar-refractivity contribution in [3.05, 3.63) is 52.7 Å². The number of benzene rings is 1. The smallest absolute Gasteiger partial charge is 0.208 e. The summed E-state index contributed by atoms with van der Waals surface area (Å²) in [6.07, 6.45) is 6.77. The number of imidazole rings is 1. The van der Waals surface area contributed by atoms with E-state index in [4.69, 9.17) is 9.72 Å². The topological polar surface area (TPSA) is 41.8 Å². The van der Waals surface area contributed by atoms with Crippen LogP contribution in [0.3, 0.4) is 0 Å². The number of aromatic nitrogens is 2. The summed E-state index contributed by atoms with van der Waals surface area (Å²) >= 11 is 1.77. The number of fused-ring (bicyclic) bond motifs is 2. The molecule has 0 radical (unpaired) electrons. The van der Waals surface area contributed by atoms with Gasteiger partial charge in [0.1, 0.15) is 17.2 Å². The summed E-state index contributed by atoms with van der Waals surface area (Å²) in [6.45, 7) is 2.74. The van der Waals surface area contributed by atoms with Crippen LogP contribution in [-0.2, 0) is 0 Å². The van der Waals surface area contributed by atoms with Crippen molar-refractivity contribution in [2.45, 2.75) is 18.9 Å². The molecule has 1 atom stereocenters. The largest absolute Gasteiger partial charge is 0.489 e. The number of nitrogens with one attached hydrogen (secondary N) is 1. The fourth-order valence-electron chi connectivity index (χ4n) is 4.08. The second kappa shape index (κ2) is 6.45. The number of para-hydroxylation sites is 1. The van der Waals surface area contributed by atoms with Crippen LogP contribution >= 0.6 is 11.3 Å². The quantitative estimate of drug-likeness (QED) is 0.756. The van der Waals surface area contributed by atoms with Gasteiger partial charge in [-0.05, 0) is 37.1 Å². The zero-order valence-electron chi connectivity index (χ0n) is 14.8. The first-order valence-corrected chi connectivity index (χ1v) is 10.00. The van der Waals surface area contributed by atoms with Crippen molar-refractivity contribution in [2.24, 2.45) is 0 Å². The minimum atomic E-state index is 0.379. The Hall–Kier alpha value is -2.31. The van der Waals surface area contributed by atoms with E-state index in [2.05, 4.69) is 44.4 Å². The van der Waals surface area contributed by atoms with E-state index < -0.39 is 0 Å². The Bertz CT molecular complexity index is 973. The van der Waals surface area contributed by atoms with E-state index in [0.29, 0.717) is 12.6 Å². The van der Waals surface area contributed by atoms with Gasteiger partial charge in [-0.2, -0.15) is 0 Å². The lowest BCUT2D eigenvalue weighted by molar-refractivity contribution is 0.258. The van der Waals surface area contributed by atoms with Crippen molar-refractivity contribution < 1.29 is 4.74 Å². The molecule has 0 amide bonds. The molecule has 3 aromatic rings. The first kappa shape index (κ1) is 15.9. The summed E-state index contributed by atoms with van der Waals surface area (Å²) in [5.74, 6) is 1.92. The molecule has 1 N–H and O–H groups in total. The predicted octanol–water partition coefficient (Wildman–Crippen LogP) is 4.05. The Morgan fingerprint density at radius 2 is 2.27 bits per heavy atom.